The number of hydrogen-bond donors (Lipinski definition) is 1. The van der Waals surface area contributed by atoms with Crippen LogP contribution in [-0.4, -0.2) is 22.5 Å². The molecule has 1 N–H and O–H groups in total. The van der Waals surface area contributed by atoms with Crippen molar-refractivity contribution < 1.29 is 0 Å². The van der Waals surface area contributed by atoms with E-state index in [-0.39, 0.29) is 5.56 Å². The van der Waals surface area contributed by atoms with Crippen molar-refractivity contribution in [2.24, 2.45) is 5.92 Å². The molecule has 106 valence electrons. The molecular weight excluding hydrogens is 250 g/mol. The molecule has 2 aromatic heterocycles. The number of nitrogens with zero attached hydrogens (tertiary/aromatic N) is 2. The van der Waals surface area contributed by atoms with E-state index in [1.807, 2.05) is 25.1 Å². The number of fused-ring (bicyclic) bond motifs is 1. The Kier molecular flexibility index (Phi) is 3.83. The molecular formula is C16H21N3O. The van der Waals surface area contributed by atoms with Crippen LogP contribution >= 0.6 is 0 Å². The number of pyridine rings is 1. The fourth-order valence-electron chi connectivity index (χ4n) is 3.01. The number of rotatable bonds is 3. The third-order valence-electron chi connectivity index (χ3n) is 4.20. The molecule has 0 atom stereocenters. The first kappa shape index (κ1) is 13.3. The predicted octanol–water partition coefficient (Wildman–Crippen LogP) is 1.94. The Hall–Kier alpha value is -1.68. The summed E-state index contributed by atoms with van der Waals surface area (Å²) in [5.74, 6) is 0.772. The van der Waals surface area contributed by atoms with Crippen molar-refractivity contribution in [3.05, 3.63) is 46.0 Å². The quantitative estimate of drug-likeness (QED) is 0.928. The van der Waals surface area contributed by atoms with Crippen molar-refractivity contribution >= 4 is 5.65 Å². The summed E-state index contributed by atoms with van der Waals surface area (Å²) >= 11 is 0. The van der Waals surface area contributed by atoms with Crippen LogP contribution in [0.1, 0.15) is 30.7 Å². The summed E-state index contributed by atoms with van der Waals surface area (Å²) in [6, 6.07) is 7.49. The minimum atomic E-state index is 0.0356. The largest absolute Gasteiger partial charge is 0.317 e. The lowest BCUT2D eigenvalue weighted by Crippen LogP contribution is -2.28. The van der Waals surface area contributed by atoms with Crippen LogP contribution in [0.3, 0.4) is 0 Å². The lowest BCUT2D eigenvalue weighted by molar-refractivity contribution is 0.353. The summed E-state index contributed by atoms with van der Waals surface area (Å²) in [6.45, 7) is 4.18. The first-order chi connectivity index (χ1) is 9.74. The highest BCUT2D eigenvalue weighted by Gasteiger charge is 2.13. The zero-order chi connectivity index (χ0) is 13.9. The van der Waals surface area contributed by atoms with E-state index in [2.05, 4.69) is 10.3 Å². The monoisotopic (exact) mass is 271 g/mol. The normalized spacial score (nSPS) is 16.6. The Morgan fingerprint density at radius 2 is 2.15 bits per heavy atom. The van der Waals surface area contributed by atoms with Gasteiger partial charge in [-0.2, -0.15) is 0 Å². The molecule has 3 rings (SSSR count). The zero-order valence-corrected chi connectivity index (χ0v) is 11.9. The molecule has 0 saturated carbocycles. The van der Waals surface area contributed by atoms with Crippen molar-refractivity contribution in [1.29, 1.82) is 0 Å². The smallest absolute Gasteiger partial charge is 0.258 e. The summed E-state index contributed by atoms with van der Waals surface area (Å²) in [5.41, 5.74) is 2.66. The van der Waals surface area contributed by atoms with Crippen LogP contribution in [0.5, 0.6) is 0 Å². The van der Waals surface area contributed by atoms with Crippen LogP contribution in [0.4, 0.5) is 0 Å². The van der Waals surface area contributed by atoms with Gasteiger partial charge in [0.05, 0.1) is 0 Å². The Labute approximate surface area is 118 Å². The van der Waals surface area contributed by atoms with E-state index in [1.165, 1.54) is 12.8 Å². The van der Waals surface area contributed by atoms with Crippen molar-refractivity contribution in [1.82, 2.24) is 14.7 Å². The Morgan fingerprint density at radius 3 is 2.95 bits per heavy atom. The maximum atomic E-state index is 12.2. The third-order valence-corrected chi connectivity index (χ3v) is 4.20. The molecule has 4 heteroatoms. The van der Waals surface area contributed by atoms with E-state index in [9.17, 15) is 4.79 Å². The van der Waals surface area contributed by atoms with Crippen LogP contribution < -0.4 is 10.9 Å². The van der Waals surface area contributed by atoms with Crippen LogP contribution in [0.2, 0.25) is 0 Å². The molecule has 4 nitrogen and oxygen atoms in total. The molecule has 3 heterocycles. The Morgan fingerprint density at radius 1 is 1.35 bits per heavy atom. The topological polar surface area (TPSA) is 46.4 Å². The number of hydrogen-bond acceptors (Lipinski definition) is 3. The Bertz CT molecular complexity index is 656. The van der Waals surface area contributed by atoms with Gasteiger partial charge in [0.15, 0.2) is 0 Å². The van der Waals surface area contributed by atoms with Gasteiger partial charge in [0.2, 0.25) is 0 Å². The molecule has 1 aliphatic heterocycles. The van der Waals surface area contributed by atoms with Crippen LogP contribution in [0, 0.1) is 12.8 Å². The van der Waals surface area contributed by atoms with E-state index >= 15 is 0 Å². The van der Waals surface area contributed by atoms with Gasteiger partial charge >= 0.3 is 0 Å². The van der Waals surface area contributed by atoms with Crippen molar-refractivity contribution in [3.63, 3.8) is 0 Å². The first-order valence-corrected chi connectivity index (χ1v) is 7.43. The summed E-state index contributed by atoms with van der Waals surface area (Å²) in [6.07, 6.45) is 4.53. The van der Waals surface area contributed by atoms with Gasteiger partial charge in [-0.3, -0.25) is 9.20 Å². The highest BCUT2D eigenvalue weighted by molar-refractivity contribution is 5.40. The number of nitrogens with one attached hydrogen (secondary N) is 1. The van der Waals surface area contributed by atoms with E-state index in [0.717, 1.165) is 48.9 Å². The molecule has 0 unspecified atom stereocenters. The SMILES string of the molecule is Cc1cccc2nc(CCC3CCNCC3)cc(=O)n12. The molecule has 0 aromatic carbocycles. The molecule has 1 fully saturated rings. The lowest BCUT2D eigenvalue weighted by atomic mass is 9.92. The molecule has 0 amide bonds. The van der Waals surface area contributed by atoms with Gasteiger partial charge in [-0.15, -0.1) is 0 Å². The average Bonchev–Trinajstić information content (AvgIpc) is 2.46. The minimum Gasteiger partial charge on any atom is -0.317 e. The van der Waals surface area contributed by atoms with Gasteiger partial charge < -0.3 is 5.32 Å². The van der Waals surface area contributed by atoms with E-state index in [0.29, 0.717) is 0 Å². The number of aryl methyl sites for hydroxylation is 2. The van der Waals surface area contributed by atoms with Gasteiger partial charge in [0.25, 0.3) is 5.56 Å². The first-order valence-electron chi connectivity index (χ1n) is 7.43. The summed E-state index contributed by atoms with van der Waals surface area (Å²) in [4.78, 5) is 16.8. The molecule has 0 spiro atoms. The molecule has 1 aliphatic rings. The fraction of sp³-hybridized carbons (Fsp3) is 0.500. The molecule has 2 aromatic rings. The van der Waals surface area contributed by atoms with Crippen LogP contribution in [-0.2, 0) is 6.42 Å². The summed E-state index contributed by atoms with van der Waals surface area (Å²) in [7, 11) is 0. The Balaban J connectivity index is 1.80. The standard InChI is InChI=1S/C16H21N3O/c1-12-3-2-4-15-18-14(11-16(20)19(12)15)6-5-13-7-9-17-10-8-13/h2-4,11,13,17H,5-10H2,1H3. The summed E-state index contributed by atoms with van der Waals surface area (Å²) < 4.78 is 1.67. The fourth-order valence-corrected chi connectivity index (χ4v) is 3.01. The second-order valence-electron chi connectivity index (χ2n) is 5.68. The third kappa shape index (κ3) is 2.75. The maximum absolute atomic E-state index is 12.2. The van der Waals surface area contributed by atoms with Gasteiger partial charge in [-0.05, 0) is 63.7 Å². The van der Waals surface area contributed by atoms with Crippen LogP contribution in [0.15, 0.2) is 29.1 Å². The highest BCUT2D eigenvalue weighted by atomic mass is 16.1. The van der Waals surface area contributed by atoms with Crippen LogP contribution in [0.25, 0.3) is 5.65 Å². The van der Waals surface area contributed by atoms with Crippen molar-refractivity contribution in [2.45, 2.75) is 32.6 Å². The summed E-state index contributed by atoms with van der Waals surface area (Å²) in [5, 5.41) is 3.38. The molecule has 0 aliphatic carbocycles. The number of aromatic nitrogens is 2. The molecule has 1 saturated heterocycles. The molecule has 20 heavy (non-hydrogen) atoms. The van der Waals surface area contributed by atoms with Gasteiger partial charge in [0.1, 0.15) is 5.65 Å². The van der Waals surface area contributed by atoms with Gasteiger partial charge in [-0.25, -0.2) is 4.98 Å². The van der Waals surface area contributed by atoms with E-state index in [4.69, 9.17) is 0 Å². The van der Waals surface area contributed by atoms with Gasteiger partial charge in [0, 0.05) is 17.5 Å². The number of piperidine rings is 1. The second kappa shape index (κ2) is 5.75. The minimum absolute atomic E-state index is 0.0356. The van der Waals surface area contributed by atoms with Crippen molar-refractivity contribution in [3.8, 4) is 0 Å². The predicted molar refractivity (Wildman–Crippen MR) is 80.1 cm³/mol. The molecule has 0 bridgehead atoms. The molecule has 0 radical (unpaired) electrons. The van der Waals surface area contributed by atoms with Gasteiger partial charge in [-0.1, -0.05) is 6.07 Å². The van der Waals surface area contributed by atoms with E-state index in [1.54, 1.807) is 10.5 Å². The second-order valence-corrected chi connectivity index (χ2v) is 5.68. The average molecular weight is 271 g/mol. The lowest BCUT2D eigenvalue weighted by Gasteiger charge is -2.22. The maximum Gasteiger partial charge on any atom is 0.258 e. The van der Waals surface area contributed by atoms with E-state index < -0.39 is 0 Å². The highest BCUT2D eigenvalue weighted by Crippen LogP contribution is 2.18. The van der Waals surface area contributed by atoms with Crippen molar-refractivity contribution in [2.75, 3.05) is 13.1 Å². The zero-order valence-electron chi connectivity index (χ0n) is 11.9.